The molecule has 1 amide bonds. The summed E-state index contributed by atoms with van der Waals surface area (Å²) in [6.45, 7) is 2.77. The third kappa shape index (κ3) is 2.30. The van der Waals surface area contributed by atoms with Gasteiger partial charge in [-0.15, -0.1) is 11.3 Å². The number of anilines is 1. The first-order valence-electron chi connectivity index (χ1n) is 6.47. The van der Waals surface area contributed by atoms with Gasteiger partial charge in [0.25, 0.3) is 5.91 Å². The van der Waals surface area contributed by atoms with Crippen LogP contribution in [0.2, 0.25) is 0 Å². The minimum Gasteiger partial charge on any atom is -0.397 e. The zero-order valence-corrected chi connectivity index (χ0v) is 12.0. The second-order valence-corrected chi connectivity index (χ2v) is 6.28. The number of thiophene rings is 1. The van der Waals surface area contributed by atoms with Crippen LogP contribution in [0.25, 0.3) is 10.2 Å². The van der Waals surface area contributed by atoms with Crippen LogP contribution >= 0.6 is 11.3 Å². The monoisotopic (exact) mass is 275 g/mol. The van der Waals surface area contributed by atoms with Crippen LogP contribution in [0, 0.1) is 12.8 Å². The minimum atomic E-state index is 0.0186. The van der Waals surface area contributed by atoms with Crippen LogP contribution in [0.1, 0.15) is 28.2 Å². The van der Waals surface area contributed by atoms with Gasteiger partial charge < -0.3 is 10.6 Å². The molecule has 0 saturated heterocycles. The van der Waals surface area contributed by atoms with Gasteiger partial charge in [0.15, 0.2) is 0 Å². The van der Waals surface area contributed by atoms with E-state index in [0.29, 0.717) is 16.5 Å². The molecule has 1 aliphatic rings. The lowest BCUT2D eigenvalue weighted by Crippen LogP contribution is -2.28. The molecule has 2 N–H and O–H groups in total. The Bertz CT molecular complexity index is 645. The molecule has 1 fully saturated rings. The number of amides is 1. The van der Waals surface area contributed by atoms with Crippen LogP contribution in [0.5, 0.6) is 0 Å². The van der Waals surface area contributed by atoms with Crippen LogP contribution in [-0.2, 0) is 0 Å². The molecule has 0 radical (unpaired) electrons. The van der Waals surface area contributed by atoms with Gasteiger partial charge in [0, 0.05) is 24.7 Å². The molecule has 4 nitrogen and oxygen atoms in total. The average molecular weight is 275 g/mol. The molecule has 1 aliphatic carbocycles. The van der Waals surface area contributed by atoms with Crippen molar-refractivity contribution < 1.29 is 4.79 Å². The van der Waals surface area contributed by atoms with Gasteiger partial charge in [0.1, 0.15) is 9.71 Å². The molecule has 2 aromatic heterocycles. The highest BCUT2D eigenvalue weighted by atomic mass is 32.1. The number of hydrogen-bond donors (Lipinski definition) is 1. The van der Waals surface area contributed by atoms with Crippen LogP contribution in [0.15, 0.2) is 12.1 Å². The molecule has 1 saturated carbocycles. The standard InChI is InChI=1S/C14H17N3OS/c1-8-3-6-10-11(15)12(19-13(10)16-8)14(18)17(2)7-9-4-5-9/h3,6,9H,4-5,7,15H2,1-2H3. The van der Waals surface area contributed by atoms with E-state index in [0.717, 1.165) is 22.5 Å². The maximum Gasteiger partial charge on any atom is 0.265 e. The molecule has 100 valence electrons. The molecule has 0 atom stereocenters. The van der Waals surface area contributed by atoms with E-state index in [4.69, 9.17) is 5.73 Å². The van der Waals surface area contributed by atoms with Crippen molar-refractivity contribution in [1.82, 2.24) is 9.88 Å². The number of carbonyl (C=O) groups is 1. The lowest BCUT2D eigenvalue weighted by molar-refractivity contribution is 0.0794. The van der Waals surface area contributed by atoms with Crippen LogP contribution in [0.3, 0.4) is 0 Å². The van der Waals surface area contributed by atoms with Crippen molar-refractivity contribution in [3.63, 3.8) is 0 Å². The Morgan fingerprint density at radius 3 is 2.95 bits per heavy atom. The van der Waals surface area contributed by atoms with Crippen molar-refractivity contribution in [2.45, 2.75) is 19.8 Å². The van der Waals surface area contributed by atoms with Gasteiger partial charge in [0.2, 0.25) is 0 Å². The summed E-state index contributed by atoms with van der Waals surface area (Å²) in [6.07, 6.45) is 2.47. The number of hydrogen-bond acceptors (Lipinski definition) is 4. The Labute approximate surface area is 116 Å². The first-order chi connectivity index (χ1) is 9.06. The quantitative estimate of drug-likeness (QED) is 0.937. The first-order valence-corrected chi connectivity index (χ1v) is 7.29. The molecule has 0 unspecified atom stereocenters. The fourth-order valence-electron chi connectivity index (χ4n) is 2.19. The van der Waals surface area contributed by atoms with Crippen molar-refractivity contribution in [2.75, 3.05) is 19.3 Å². The number of aryl methyl sites for hydroxylation is 1. The number of nitrogens with two attached hydrogens (primary N) is 1. The van der Waals surface area contributed by atoms with Gasteiger partial charge in [0.05, 0.1) is 5.69 Å². The topological polar surface area (TPSA) is 59.2 Å². The molecule has 0 bridgehead atoms. The van der Waals surface area contributed by atoms with Crippen molar-refractivity contribution in [2.24, 2.45) is 5.92 Å². The predicted octanol–water partition coefficient (Wildman–Crippen LogP) is 2.67. The predicted molar refractivity (Wildman–Crippen MR) is 78.5 cm³/mol. The van der Waals surface area contributed by atoms with E-state index in [1.54, 1.807) is 4.90 Å². The average Bonchev–Trinajstić information content (AvgIpc) is 3.12. The molecular formula is C14H17N3OS. The molecule has 0 aliphatic heterocycles. The summed E-state index contributed by atoms with van der Waals surface area (Å²) in [7, 11) is 1.85. The number of rotatable bonds is 3. The largest absolute Gasteiger partial charge is 0.397 e. The number of aromatic nitrogens is 1. The highest BCUT2D eigenvalue weighted by Gasteiger charge is 2.27. The van der Waals surface area contributed by atoms with Crippen molar-refractivity contribution in [1.29, 1.82) is 0 Å². The number of carbonyl (C=O) groups excluding carboxylic acids is 1. The minimum absolute atomic E-state index is 0.0186. The molecule has 0 aromatic carbocycles. The summed E-state index contributed by atoms with van der Waals surface area (Å²) >= 11 is 1.39. The van der Waals surface area contributed by atoms with Gasteiger partial charge in [-0.3, -0.25) is 4.79 Å². The van der Waals surface area contributed by atoms with E-state index in [2.05, 4.69) is 4.98 Å². The van der Waals surface area contributed by atoms with Gasteiger partial charge in [-0.05, 0) is 37.8 Å². The van der Waals surface area contributed by atoms with Crippen LogP contribution < -0.4 is 5.73 Å². The van der Waals surface area contributed by atoms with E-state index in [-0.39, 0.29) is 5.91 Å². The van der Waals surface area contributed by atoms with E-state index < -0.39 is 0 Å². The Balaban J connectivity index is 1.94. The summed E-state index contributed by atoms with van der Waals surface area (Å²) in [5, 5.41) is 0.888. The molecule has 5 heteroatoms. The number of nitrogen functional groups attached to an aromatic ring is 1. The van der Waals surface area contributed by atoms with E-state index in [1.807, 2.05) is 26.1 Å². The molecule has 2 heterocycles. The van der Waals surface area contributed by atoms with Gasteiger partial charge >= 0.3 is 0 Å². The third-order valence-electron chi connectivity index (χ3n) is 3.50. The Morgan fingerprint density at radius 1 is 1.53 bits per heavy atom. The van der Waals surface area contributed by atoms with E-state index in [9.17, 15) is 4.79 Å². The fourth-order valence-corrected chi connectivity index (χ4v) is 3.33. The Hall–Kier alpha value is -1.62. The smallest absolute Gasteiger partial charge is 0.265 e. The van der Waals surface area contributed by atoms with E-state index in [1.165, 1.54) is 24.2 Å². The Morgan fingerprint density at radius 2 is 2.26 bits per heavy atom. The SMILES string of the molecule is Cc1ccc2c(N)c(C(=O)N(C)CC3CC3)sc2n1. The van der Waals surface area contributed by atoms with Gasteiger partial charge in [-0.2, -0.15) is 0 Å². The van der Waals surface area contributed by atoms with Gasteiger partial charge in [-0.1, -0.05) is 0 Å². The fraction of sp³-hybridized carbons (Fsp3) is 0.429. The maximum absolute atomic E-state index is 12.4. The van der Waals surface area contributed by atoms with E-state index >= 15 is 0 Å². The van der Waals surface area contributed by atoms with Crippen molar-refractivity contribution in [3.05, 3.63) is 22.7 Å². The molecule has 19 heavy (non-hydrogen) atoms. The lowest BCUT2D eigenvalue weighted by atomic mass is 10.2. The summed E-state index contributed by atoms with van der Waals surface area (Å²) in [4.78, 5) is 20.1. The summed E-state index contributed by atoms with van der Waals surface area (Å²) < 4.78 is 0. The first kappa shape index (κ1) is 12.4. The highest BCUT2D eigenvalue weighted by Crippen LogP contribution is 2.34. The number of fused-ring (bicyclic) bond motifs is 1. The maximum atomic E-state index is 12.4. The summed E-state index contributed by atoms with van der Waals surface area (Å²) in [6, 6.07) is 3.87. The van der Waals surface area contributed by atoms with Crippen LogP contribution in [-0.4, -0.2) is 29.4 Å². The molecule has 0 spiro atoms. The molecule has 2 aromatic rings. The summed E-state index contributed by atoms with van der Waals surface area (Å²) in [5.74, 6) is 0.704. The van der Waals surface area contributed by atoms with Gasteiger partial charge in [-0.25, -0.2) is 4.98 Å². The third-order valence-corrected chi connectivity index (χ3v) is 4.61. The zero-order valence-electron chi connectivity index (χ0n) is 11.1. The summed E-state index contributed by atoms with van der Waals surface area (Å²) in [5.41, 5.74) is 7.61. The molecule has 3 rings (SSSR count). The van der Waals surface area contributed by atoms with Crippen LogP contribution in [0.4, 0.5) is 5.69 Å². The zero-order chi connectivity index (χ0) is 13.6. The number of nitrogens with zero attached hydrogens (tertiary/aromatic N) is 2. The Kier molecular flexibility index (Phi) is 2.93. The second-order valence-electron chi connectivity index (χ2n) is 5.28. The second kappa shape index (κ2) is 4.49. The molecular weight excluding hydrogens is 258 g/mol. The normalized spacial score (nSPS) is 14.8. The highest BCUT2D eigenvalue weighted by molar-refractivity contribution is 7.21. The van der Waals surface area contributed by atoms with Crippen molar-refractivity contribution in [3.8, 4) is 0 Å². The number of pyridine rings is 1. The van der Waals surface area contributed by atoms with Crippen molar-refractivity contribution >= 4 is 33.1 Å². The lowest BCUT2D eigenvalue weighted by Gasteiger charge is -2.15.